The Morgan fingerprint density at radius 3 is 2.26 bits per heavy atom. The zero-order chi connectivity index (χ0) is 33.9. The monoisotopic (exact) mass is 662 g/mol. The van der Waals surface area contributed by atoms with Crippen molar-refractivity contribution in [1.82, 2.24) is 5.32 Å². The molecule has 0 bridgehead atoms. The maximum Gasteiger partial charge on any atom is 0.426 e. The van der Waals surface area contributed by atoms with Gasteiger partial charge in [0.05, 0.1) is 18.7 Å². The van der Waals surface area contributed by atoms with Gasteiger partial charge in [0.25, 0.3) is 5.91 Å². The highest BCUT2D eigenvalue weighted by molar-refractivity contribution is 7.12. The number of alkyl carbamates (subject to hydrolysis) is 1. The number of amides is 2. The number of nitrogens with one attached hydrogen (secondary N) is 1. The predicted molar refractivity (Wildman–Crippen MR) is 167 cm³/mol. The van der Waals surface area contributed by atoms with E-state index < -0.39 is 52.7 Å². The highest BCUT2D eigenvalue weighted by Crippen LogP contribution is 2.43. The molecule has 46 heavy (non-hydrogen) atoms. The van der Waals surface area contributed by atoms with E-state index >= 15 is 0 Å². The number of ether oxygens (including phenoxy) is 4. The molecule has 0 aliphatic carbocycles. The molecule has 9 nitrogen and oxygen atoms in total. The van der Waals surface area contributed by atoms with Gasteiger partial charge in [-0.2, -0.15) is 13.2 Å². The molecule has 1 atom stereocenters. The average Bonchev–Trinajstić information content (AvgIpc) is 3.39. The fraction of sp³-hybridized carbons (Fsp3) is 0.424. The quantitative estimate of drug-likeness (QED) is 0.252. The number of fused-ring (bicyclic) bond motifs is 1. The van der Waals surface area contributed by atoms with Gasteiger partial charge >= 0.3 is 18.2 Å². The molecule has 1 aliphatic rings. The topological polar surface area (TPSA) is 103 Å². The van der Waals surface area contributed by atoms with Gasteiger partial charge in [0.2, 0.25) is 0 Å². The molecule has 0 spiro atoms. The van der Waals surface area contributed by atoms with Crippen molar-refractivity contribution in [3.8, 4) is 22.6 Å². The Morgan fingerprint density at radius 1 is 0.957 bits per heavy atom. The second kappa shape index (κ2) is 13.6. The Bertz CT molecular complexity index is 1530. The van der Waals surface area contributed by atoms with E-state index in [9.17, 15) is 27.6 Å². The van der Waals surface area contributed by atoms with E-state index in [2.05, 4.69) is 5.32 Å². The van der Waals surface area contributed by atoms with Crippen molar-refractivity contribution in [3.05, 3.63) is 64.4 Å². The van der Waals surface area contributed by atoms with Gasteiger partial charge in [-0.25, -0.2) is 4.79 Å². The Hall–Kier alpha value is -4.26. The number of hydrogen-bond acceptors (Lipinski definition) is 8. The van der Waals surface area contributed by atoms with Crippen LogP contribution in [0.4, 0.5) is 23.7 Å². The van der Waals surface area contributed by atoms with Gasteiger partial charge in [-0.15, -0.1) is 11.3 Å². The minimum Gasteiger partial charge on any atom is -0.489 e. The van der Waals surface area contributed by atoms with Gasteiger partial charge < -0.3 is 29.2 Å². The maximum absolute atomic E-state index is 13.8. The summed E-state index contributed by atoms with van der Waals surface area (Å²) in [6.07, 6.45) is -5.83. The smallest absolute Gasteiger partial charge is 0.426 e. The summed E-state index contributed by atoms with van der Waals surface area (Å²) < 4.78 is 63.7. The van der Waals surface area contributed by atoms with E-state index in [0.29, 0.717) is 33.2 Å². The molecule has 4 rings (SSSR count). The summed E-state index contributed by atoms with van der Waals surface area (Å²) in [5.74, 6) is -0.663. The molecule has 2 heterocycles. The first-order chi connectivity index (χ1) is 21.4. The van der Waals surface area contributed by atoms with Gasteiger partial charge in [-0.1, -0.05) is 30.3 Å². The molecule has 1 aliphatic heterocycles. The number of rotatable bonds is 8. The van der Waals surface area contributed by atoms with Gasteiger partial charge in [0.15, 0.2) is 0 Å². The fourth-order valence-electron chi connectivity index (χ4n) is 4.62. The van der Waals surface area contributed by atoms with Crippen molar-refractivity contribution in [1.29, 1.82) is 0 Å². The normalized spacial score (nSPS) is 14.1. The van der Waals surface area contributed by atoms with Gasteiger partial charge in [0.1, 0.15) is 46.8 Å². The number of halogens is 3. The number of benzene rings is 2. The van der Waals surface area contributed by atoms with E-state index in [4.69, 9.17) is 18.9 Å². The average molecular weight is 663 g/mol. The Balaban J connectivity index is 1.52. The third-order valence-electron chi connectivity index (χ3n) is 6.35. The van der Waals surface area contributed by atoms with Crippen molar-refractivity contribution >= 4 is 35.0 Å². The third kappa shape index (κ3) is 9.38. The SMILES string of the molecule is CC(C)(C)OC(=O)CC(NC(=O)OC(C)(C)C)C(=O)N1CCOc2cc(OCc3cc(-c4ccccc4)c(C(F)(F)F)s3)ccc21. The number of carbonyl (C=O) groups excluding carboxylic acids is 3. The van der Waals surface area contributed by atoms with E-state index in [1.165, 1.54) is 17.0 Å². The summed E-state index contributed by atoms with van der Waals surface area (Å²) in [5.41, 5.74) is -0.743. The van der Waals surface area contributed by atoms with Crippen molar-refractivity contribution in [2.24, 2.45) is 0 Å². The maximum atomic E-state index is 13.8. The summed E-state index contributed by atoms with van der Waals surface area (Å²) in [7, 11) is 0. The highest BCUT2D eigenvalue weighted by atomic mass is 32.1. The van der Waals surface area contributed by atoms with Crippen LogP contribution in [0, 0.1) is 0 Å². The minimum absolute atomic E-state index is 0.0838. The summed E-state index contributed by atoms with van der Waals surface area (Å²) in [5, 5.41) is 2.50. The number of hydrogen-bond donors (Lipinski definition) is 1. The number of alkyl halides is 3. The second-order valence-electron chi connectivity index (χ2n) is 12.6. The summed E-state index contributed by atoms with van der Waals surface area (Å²) in [6, 6.07) is 13.2. The Morgan fingerprint density at radius 2 is 1.63 bits per heavy atom. The van der Waals surface area contributed by atoms with Crippen LogP contribution in [0.1, 0.15) is 57.7 Å². The molecule has 0 radical (unpaired) electrons. The molecule has 1 N–H and O–H groups in total. The van der Waals surface area contributed by atoms with Crippen LogP contribution < -0.4 is 19.7 Å². The molecule has 248 valence electrons. The lowest BCUT2D eigenvalue weighted by molar-refractivity contribution is -0.156. The third-order valence-corrected chi connectivity index (χ3v) is 7.50. The molecular formula is C33H37F3N2O7S. The molecule has 0 saturated heterocycles. The van der Waals surface area contributed by atoms with Crippen molar-refractivity contribution in [3.63, 3.8) is 0 Å². The first-order valence-corrected chi connectivity index (χ1v) is 15.4. The van der Waals surface area contributed by atoms with E-state index in [0.717, 1.165) is 0 Å². The lowest BCUT2D eigenvalue weighted by Crippen LogP contribution is -2.52. The number of anilines is 1. The molecule has 3 aromatic rings. The van der Waals surface area contributed by atoms with Crippen LogP contribution in [-0.2, 0) is 31.8 Å². The molecule has 2 amide bonds. The lowest BCUT2D eigenvalue weighted by Gasteiger charge is -2.33. The first-order valence-electron chi connectivity index (χ1n) is 14.6. The molecule has 13 heteroatoms. The van der Waals surface area contributed by atoms with Crippen LogP contribution in [0.5, 0.6) is 11.5 Å². The number of thiophene rings is 1. The molecular weight excluding hydrogens is 625 g/mol. The van der Waals surface area contributed by atoms with Crippen molar-refractivity contribution in [2.75, 3.05) is 18.1 Å². The van der Waals surface area contributed by atoms with Crippen molar-refractivity contribution in [2.45, 2.75) is 78.0 Å². The molecule has 2 aromatic carbocycles. The largest absolute Gasteiger partial charge is 0.489 e. The van der Waals surface area contributed by atoms with Crippen LogP contribution >= 0.6 is 11.3 Å². The molecule has 0 fully saturated rings. The fourth-order valence-corrected chi connectivity index (χ4v) is 5.58. The van der Waals surface area contributed by atoms with Gasteiger partial charge in [-0.3, -0.25) is 9.59 Å². The van der Waals surface area contributed by atoms with E-state index in [1.54, 1.807) is 84.0 Å². The minimum atomic E-state index is -4.52. The zero-order valence-corrected chi connectivity index (χ0v) is 27.3. The number of esters is 1. The highest BCUT2D eigenvalue weighted by Gasteiger charge is 2.37. The summed E-state index contributed by atoms with van der Waals surface area (Å²) in [6.45, 7) is 10.2. The van der Waals surface area contributed by atoms with Gasteiger partial charge in [0, 0.05) is 16.5 Å². The Labute approximate surface area is 269 Å². The van der Waals surface area contributed by atoms with Crippen LogP contribution in [0.2, 0.25) is 0 Å². The summed E-state index contributed by atoms with van der Waals surface area (Å²) >= 11 is 0.616. The van der Waals surface area contributed by atoms with Crippen molar-refractivity contribution < 1.29 is 46.5 Å². The number of carbonyl (C=O) groups is 3. The first kappa shape index (κ1) is 34.6. The van der Waals surface area contributed by atoms with Gasteiger partial charge in [-0.05, 0) is 65.3 Å². The summed E-state index contributed by atoms with van der Waals surface area (Å²) in [4.78, 5) is 40.1. The predicted octanol–water partition coefficient (Wildman–Crippen LogP) is 7.36. The number of nitrogens with zero attached hydrogens (tertiary/aromatic N) is 1. The lowest BCUT2D eigenvalue weighted by atomic mass is 10.1. The second-order valence-corrected chi connectivity index (χ2v) is 13.7. The Kier molecular flexibility index (Phi) is 10.2. The molecule has 1 aromatic heterocycles. The van der Waals surface area contributed by atoms with Crippen LogP contribution in [0.25, 0.3) is 11.1 Å². The standard InChI is InChI=1S/C33H37F3N2O7S/c1-31(2,3)44-27(39)18-24(37-30(41)45-32(4,5)6)29(40)38-14-15-42-26-16-21(12-13-25(26)38)43-19-22-17-23(20-10-8-7-9-11-20)28(46-22)33(34,35)36/h7-13,16-17,24H,14-15,18-19H2,1-6H3,(H,37,41). The molecule has 0 saturated carbocycles. The van der Waals surface area contributed by atoms with Crippen LogP contribution in [0.3, 0.4) is 0 Å². The van der Waals surface area contributed by atoms with E-state index in [-0.39, 0.29) is 31.1 Å². The van der Waals surface area contributed by atoms with Crippen LogP contribution in [-0.4, -0.2) is 48.4 Å². The van der Waals surface area contributed by atoms with E-state index in [1.807, 2.05) is 0 Å². The zero-order valence-electron chi connectivity index (χ0n) is 26.4. The molecule has 1 unspecified atom stereocenters. The van der Waals surface area contributed by atoms with Crippen LogP contribution in [0.15, 0.2) is 54.6 Å².